The van der Waals surface area contributed by atoms with Crippen LogP contribution in [0.1, 0.15) is 11.1 Å². The lowest BCUT2D eigenvalue weighted by atomic mass is 10.1. The molecule has 4 rings (SSSR count). The third-order valence-corrected chi connectivity index (χ3v) is 5.81. The minimum Gasteiger partial charge on any atom is -0.452 e. The fourth-order valence-electron chi connectivity index (χ4n) is 3.25. The highest BCUT2D eigenvalue weighted by Crippen LogP contribution is 2.26. The van der Waals surface area contributed by atoms with E-state index < -0.39 is 11.9 Å². The monoisotopic (exact) mass is 549 g/mol. The van der Waals surface area contributed by atoms with Gasteiger partial charge in [-0.15, -0.1) is 0 Å². The summed E-state index contributed by atoms with van der Waals surface area (Å²) in [6, 6.07) is 24.6. The number of nitrogens with one attached hydrogen (secondary N) is 1. The summed E-state index contributed by atoms with van der Waals surface area (Å²) in [5.74, 6) is -1.02. The average Bonchev–Trinajstić information content (AvgIpc) is 3.31. The molecule has 0 unspecified atom stereocenters. The quantitative estimate of drug-likeness (QED) is 0.221. The van der Waals surface area contributed by atoms with E-state index in [4.69, 9.17) is 21.4 Å². The van der Waals surface area contributed by atoms with Crippen LogP contribution in [0.25, 0.3) is 23.0 Å². The van der Waals surface area contributed by atoms with Gasteiger partial charge in [-0.2, -0.15) is 5.10 Å². The van der Waals surface area contributed by atoms with E-state index in [1.54, 1.807) is 22.9 Å². The van der Waals surface area contributed by atoms with Crippen molar-refractivity contribution in [2.24, 2.45) is 0 Å². The molecule has 0 atom stereocenters. The zero-order valence-corrected chi connectivity index (χ0v) is 20.9. The van der Waals surface area contributed by atoms with Gasteiger partial charge in [-0.25, -0.2) is 9.48 Å². The van der Waals surface area contributed by atoms with Crippen LogP contribution in [0, 0.1) is 0 Å². The molecule has 0 bridgehead atoms. The number of halogens is 2. The third-order valence-electron chi connectivity index (χ3n) is 5.03. The maximum Gasteiger partial charge on any atom is 0.331 e. The van der Waals surface area contributed by atoms with Gasteiger partial charge in [0, 0.05) is 39.4 Å². The normalized spacial score (nSPS) is 10.9. The van der Waals surface area contributed by atoms with Gasteiger partial charge in [-0.1, -0.05) is 70.0 Å². The summed E-state index contributed by atoms with van der Waals surface area (Å²) < 4.78 is 7.81. The number of rotatable bonds is 8. The first-order valence-corrected chi connectivity index (χ1v) is 11.9. The Bertz CT molecular complexity index is 1330. The third kappa shape index (κ3) is 6.91. The lowest BCUT2D eigenvalue weighted by Crippen LogP contribution is -2.28. The fraction of sp³-hybridized carbons (Fsp3) is 0.0741. The highest BCUT2D eigenvalue weighted by Gasteiger charge is 2.12. The molecular weight excluding hydrogens is 530 g/mol. The van der Waals surface area contributed by atoms with Crippen LogP contribution in [0.15, 0.2) is 95.6 Å². The summed E-state index contributed by atoms with van der Waals surface area (Å²) in [7, 11) is 0. The van der Waals surface area contributed by atoms with Gasteiger partial charge in [0.1, 0.15) is 0 Å². The van der Waals surface area contributed by atoms with Crippen molar-refractivity contribution in [1.29, 1.82) is 0 Å². The molecule has 0 saturated heterocycles. The summed E-state index contributed by atoms with van der Waals surface area (Å²) in [5, 5.41) is 8.04. The molecule has 1 N–H and O–H groups in total. The van der Waals surface area contributed by atoms with E-state index >= 15 is 0 Å². The highest BCUT2D eigenvalue weighted by molar-refractivity contribution is 9.10. The van der Waals surface area contributed by atoms with Crippen LogP contribution in [0.2, 0.25) is 5.02 Å². The van der Waals surface area contributed by atoms with Crippen molar-refractivity contribution in [3.63, 3.8) is 0 Å². The maximum absolute atomic E-state index is 12.3. The molecule has 0 spiro atoms. The predicted molar refractivity (Wildman–Crippen MR) is 140 cm³/mol. The van der Waals surface area contributed by atoms with Gasteiger partial charge in [-0.05, 0) is 48.0 Å². The number of carbonyl (C=O) groups is 2. The Labute approximate surface area is 216 Å². The molecule has 35 heavy (non-hydrogen) atoms. The Morgan fingerprint density at radius 3 is 2.43 bits per heavy atom. The van der Waals surface area contributed by atoms with Gasteiger partial charge in [0.15, 0.2) is 6.61 Å². The van der Waals surface area contributed by atoms with Crippen LogP contribution in [0.4, 0.5) is 0 Å². The minimum atomic E-state index is -0.624. The molecular formula is C27H21BrClN3O3. The number of amides is 1. The molecule has 1 heterocycles. The first-order chi connectivity index (χ1) is 17.0. The van der Waals surface area contributed by atoms with Crippen molar-refractivity contribution in [2.75, 3.05) is 6.61 Å². The number of hydrogen-bond donors (Lipinski definition) is 1. The van der Waals surface area contributed by atoms with Crippen molar-refractivity contribution in [2.45, 2.75) is 6.54 Å². The summed E-state index contributed by atoms with van der Waals surface area (Å²) in [6.07, 6.45) is 4.77. The number of para-hydroxylation sites is 1. The Morgan fingerprint density at radius 2 is 1.71 bits per heavy atom. The number of esters is 1. The molecule has 0 aliphatic carbocycles. The second-order valence-electron chi connectivity index (χ2n) is 7.56. The first-order valence-electron chi connectivity index (χ1n) is 10.7. The molecule has 1 amide bonds. The number of aromatic nitrogens is 2. The van der Waals surface area contributed by atoms with Gasteiger partial charge < -0.3 is 10.1 Å². The van der Waals surface area contributed by atoms with E-state index in [0.717, 1.165) is 26.9 Å². The van der Waals surface area contributed by atoms with Crippen molar-refractivity contribution in [3.05, 3.63) is 112 Å². The van der Waals surface area contributed by atoms with E-state index in [0.29, 0.717) is 17.3 Å². The average molecular weight is 551 g/mol. The van der Waals surface area contributed by atoms with Gasteiger partial charge in [-0.3, -0.25) is 4.79 Å². The molecule has 3 aromatic carbocycles. The number of benzene rings is 3. The van der Waals surface area contributed by atoms with Gasteiger partial charge in [0.25, 0.3) is 5.91 Å². The van der Waals surface area contributed by atoms with E-state index in [2.05, 4.69) is 21.2 Å². The molecule has 8 heteroatoms. The number of nitrogens with zero attached hydrogens (tertiary/aromatic N) is 2. The fourth-order valence-corrected chi connectivity index (χ4v) is 3.64. The molecule has 0 saturated carbocycles. The van der Waals surface area contributed by atoms with E-state index in [9.17, 15) is 9.59 Å². The number of hydrogen-bond acceptors (Lipinski definition) is 4. The van der Waals surface area contributed by atoms with E-state index in [1.165, 1.54) is 6.08 Å². The van der Waals surface area contributed by atoms with Crippen molar-refractivity contribution in [1.82, 2.24) is 15.1 Å². The summed E-state index contributed by atoms with van der Waals surface area (Å²) in [6.45, 7) is -0.0573. The Morgan fingerprint density at radius 1 is 1.00 bits per heavy atom. The topological polar surface area (TPSA) is 73.2 Å². The standard InChI is InChI=1S/C27H21BrClN3O3/c28-22-11-8-20(9-12-22)27-21(17-32(31-27)24-4-2-1-3-5-24)10-15-26(34)35-18-25(33)30-16-19-6-13-23(29)14-7-19/h1-15,17H,16,18H2,(H,30,33)/b15-10+. The zero-order chi connectivity index (χ0) is 24.6. The van der Waals surface area contributed by atoms with Crippen LogP contribution in [-0.4, -0.2) is 28.3 Å². The van der Waals surface area contributed by atoms with Gasteiger partial charge in [0.2, 0.25) is 0 Å². The lowest BCUT2D eigenvalue weighted by Gasteiger charge is -2.05. The minimum absolute atomic E-state index is 0.318. The van der Waals surface area contributed by atoms with Gasteiger partial charge >= 0.3 is 5.97 Å². The molecule has 0 aliphatic heterocycles. The maximum atomic E-state index is 12.3. The molecule has 0 fully saturated rings. The molecule has 6 nitrogen and oxygen atoms in total. The molecule has 0 radical (unpaired) electrons. The summed E-state index contributed by atoms with van der Waals surface area (Å²) in [5.41, 5.74) is 4.14. The van der Waals surface area contributed by atoms with Crippen LogP contribution < -0.4 is 5.32 Å². The summed E-state index contributed by atoms with van der Waals surface area (Å²) in [4.78, 5) is 24.3. The largest absolute Gasteiger partial charge is 0.452 e. The lowest BCUT2D eigenvalue weighted by molar-refractivity contribution is -0.143. The van der Waals surface area contributed by atoms with Crippen LogP contribution in [0.5, 0.6) is 0 Å². The van der Waals surface area contributed by atoms with E-state index in [-0.39, 0.29) is 6.61 Å². The smallest absolute Gasteiger partial charge is 0.331 e. The second-order valence-corrected chi connectivity index (χ2v) is 8.92. The Balaban J connectivity index is 1.41. The first kappa shape index (κ1) is 24.4. The SMILES string of the molecule is O=C(COC(=O)/C=C/c1cn(-c2ccccc2)nc1-c1ccc(Br)cc1)NCc1ccc(Cl)cc1. The number of ether oxygens (including phenoxy) is 1. The van der Waals surface area contributed by atoms with Crippen molar-refractivity contribution >= 4 is 45.5 Å². The van der Waals surface area contributed by atoms with Gasteiger partial charge in [0.05, 0.1) is 11.4 Å². The summed E-state index contributed by atoms with van der Waals surface area (Å²) >= 11 is 9.30. The van der Waals surface area contributed by atoms with Crippen LogP contribution in [-0.2, 0) is 20.9 Å². The highest BCUT2D eigenvalue weighted by atomic mass is 79.9. The molecule has 0 aliphatic rings. The molecule has 176 valence electrons. The van der Waals surface area contributed by atoms with E-state index in [1.807, 2.05) is 72.9 Å². The molecule has 1 aromatic heterocycles. The van der Waals surface area contributed by atoms with Crippen molar-refractivity contribution in [3.8, 4) is 16.9 Å². The zero-order valence-electron chi connectivity index (χ0n) is 18.5. The number of carbonyl (C=O) groups excluding carboxylic acids is 2. The second kappa shape index (κ2) is 11.6. The Kier molecular flexibility index (Phi) is 8.13. The Hall–Kier alpha value is -3.68. The molecule has 4 aromatic rings. The van der Waals surface area contributed by atoms with Crippen LogP contribution in [0.3, 0.4) is 0 Å². The van der Waals surface area contributed by atoms with Crippen molar-refractivity contribution < 1.29 is 14.3 Å². The van der Waals surface area contributed by atoms with Crippen LogP contribution >= 0.6 is 27.5 Å². The predicted octanol–water partition coefficient (Wildman–Crippen LogP) is 5.83.